The van der Waals surface area contributed by atoms with Crippen molar-refractivity contribution in [3.63, 3.8) is 0 Å². The van der Waals surface area contributed by atoms with E-state index < -0.39 is 0 Å². The summed E-state index contributed by atoms with van der Waals surface area (Å²) in [5.41, 5.74) is 2.41. The fourth-order valence-electron chi connectivity index (χ4n) is 3.59. The normalized spacial score (nSPS) is 13.4. The molecular formula is C25H23ClN4O2S. The van der Waals surface area contributed by atoms with Crippen LogP contribution in [0.2, 0.25) is 5.02 Å². The molecule has 8 heteroatoms. The number of pyridine rings is 1. The van der Waals surface area contributed by atoms with Gasteiger partial charge in [0.05, 0.1) is 5.02 Å². The predicted octanol–water partition coefficient (Wildman–Crippen LogP) is 4.79. The summed E-state index contributed by atoms with van der Waals surface area (Å²) in [6.45, 7) is 1.74. The summed E-state index contributed by atoms with van der Waals surface area (Å²) in [6.07, 6.45) is 1.55. The van der Waals surface area contributed by atoms with E-state index in [2.05, 4.69) is 15.2 Å². The van der Waals surface area contributed by atoms with Crippen molar-refractivity contribution in [3.05, 3.63) is 94.1 Å². The molecule has 2 N–H and O–H groups in total. The van der Waals surface area contributed by atoms with Crippen molar-refractivity contribution in [1.82, 2.24) is 9.88 Å². The Morgan fingerprint density at radius 3 is 2.39 bits per heavy atom. The number of Topliss-reactive ketones (excluding diaryl/α,β-unsaturated/α-hetero) is 1. The molecule has 1 aliphatic rings. The van der Waals surface area contributed by atoms with E-state index in [-0.39, 0.29) is 18.1 Å². The van der Waals surface area contributed by atoms with Crippen molar-refractivity contribution in [2.45, 2.75) is 6.42 Å². The number of carbonyl (C=O) groups excluding carboxylic acids is 2. The zero-order chi connectivity index (χ0) is 23.2. The SMILES string of the molecule is N=C(c1ccc(C(=O)Cc2ccccc2C(=O)Nc2ccc(Cl)cn2)cc1)N1CCSCC1. The molecule has 168 valence electrons. The molecule has 0 aliphatic carbocycles. The first kappa shape index (κ1) is 23.0. The van der Waals surface area contributed by atoms with Crippen molar-refractivity contribution in [2.75, 3.05) is 29.9 Å². The van der Waals surface area contributed by atoms with Gasteiger partial charge in [0.2, 0.25) is 0 Å². The molecule has 33 heavy (non-hydrogen) atoms. The van der Waals surface area contributed by atoms with Gasteiger partial charge in [0, 0.05) is 53.9 Å². The standard InChI is InChI=1S/C25H23ClN4O2S/c26-20-9-10-23(28-16-20)29-25(32)21-4-2-1-3-19(21)15-22(31)17-5-7-18(8-6-17)24(27)30-11-13-33-14-12-30/h1-10,16,27H,11-15H2,(H,28,29,32). The average molecular weight is 479 g/mol. The van der Waals surface area contributed by atoms with E-state index in [0.717, 1.165) is 30.2 Å². The number of aromatic nitrogens is 1. The highest BCUT2D eigenvalue weighted by Gasteiger charge is 2.18. The molecule has 1 saturated heterocycles. The van der Waals surface area contributed by atoms with E-state index in [4.69, 9.17) is 17.0 Å². The third-order valence-corrected chi connectivity index (χ3v) is 6.56. The summed E-state index contributed by atoms with van der Waals surface area (Å²) in [5.74, 6) is 2.51. The van der Waals surface area contributed by atoms with Crippen LogP contribution in [0.3, 0.4) is 0 Å². The molecule has 1 amide bonds. The largest absolute Gasteiger partial charge is 0.355 e. The van der Waals surface area contributed by atoms with Crippen LogP contribution in [0, 0.1) is 5.41 Å². The van der Waals surface area contributed by atoms with Crippen molar-refractivity contribution in [3.8, 4) is 0 Å². The van der Waals surface area contributed by atoms with E-state index >= 15 is 0 Å². The minimum absolute atomic E-state index is 0.0904. The van der Waals surface area contributed by atoms with Crippen LogP contribution in [0.4, 0.5) is 5.82 Å². The van der Waals surface area contributed by atoms with Gasteiger partial charge in [-0.05, 0) is 23.8 Å². The quantitative estimate of drug-likeness (QED) is 0.302. The average Bonchev–Trinajstić information content (AvgIpc) is 2.86. The number of rotatable bonds is 6. The van der Waals surface area contributed by atoms with Crippen LogP contribution >= 0.6 is 23.4 Å². The Labute approximate surface area is 201 Å². The number of hydrogen-bond donors (Lipinski definition) is 2. The van der Waals surface area contributed by atoms with Crippen LogP contribution in [0.25, 0.3) is 0 Å². The van der Waals surface area contributed by atoms with Crippen LogP contribution in [-0.4, -0.2) is 52.0 Å². The zero-order valence-corrected chi connectivity index (χ0v) is 19.5. The molecule has 6 nitrogen and oxygen atoms in total. The second-order valence-corrected chi connectivity index (χ2v) is 9.26. The summed E-state index contributed by atoms with van der Waals surface area (Å²) < 4.78 is 0. The molecule has 0 bridgehead atoms. The van der Waals surface area contributed by atoms with Gasteiger partial charge in [-0.15, -0.1) is 0 Å². The van der Waals surface area contributed by atoms with Gasteiger partial charge in [0.1, 0.15) is 11.7 Å². The summed E-state index contributed by atoms with van der Waals surface area (Å²) in [4.78, 5) is 31.9. The maximum Gasteiger partial charge on any atom is 0.257 e. The topological polar surface area (TPSA) is 86.1 Å². The second-order valence-electron chi connectivity index (χ2n) is 7.60. The number of carbonyl (C=O) groups is 2. The molecule has 1 fully saturated rings. The third kappa shape index (κ3) is 5.80. The van der Waals surface area contributed by atoms with Gasteiger partial charge in [-0.1, -0.05) is 54.1 Å². The fourth-order valence-corrected chi connectivity index (χ4v) is 4.60. The van der Waals surface area contributed by atoms with Gasteiger partial charge < -0.3 is 10.2 Å². The number of amidine groups is 1. The number of hydrogen-bond acceptors (Lipinski definition) is 5. The van der Waals surface area contributed by atoms with Crippen molar-refractivity contribution in [1.29, 1.82) is 5.41 Å². The van der Waals surface area contributed by atoms with E-state index in [0.29, 0.717) is 33.4 Å². The number of benzene rings is 2. The van der Waals surface area contributed by atoms with Crippen LogP contribution < -0.4 is 5.32 Å². The van der Waals surface area contributed by atoms with E-state index in [9.17, 15) is 9.59 Å². The first-order chi connectivity index (χ1) is 16.0. The molecule has 0 spiro atoms. The predicted molar refractivity (Wildman–Crippen MR) is 134 cm³/mol. The van der Waals surface area contributed by atoms with E-state index in [1.54, 1.807) is 48.5 Å². The summed E-state index contributed by atoms with van der Waals surface area (Å²) >= 11 is 7.75. The van der Waals surface area contributed by atoms with Crippen molar-refractivity contribution < 1.29 is 9.59 Å². The maximum absolute atomic E-state index is 12.9. The Morgan fingerprint density at radius 1 is 1.00 bits per heavy atom. The summed E-state index contributed by atoms with van der Waals surface area (Å²) in [6, 6.07) is 17.5. The number of nitrogens with zero attached hydrogens (tertiary/aromatic N) is 2. The minimum atomic E-state index is -0.336. The van der Waals surface area contributed by atoms with Gasteiger partial charge in [-0.2, -0.15) is 11.8 Å². The molecule has 0 unspecified atom stereocenters. The van der Waals surface area contributed by atoms with Crippen LogP contribution in [0.5, 0.6) is 0 Å². The Morgan fingerprint density at radius 2 is 1.70 bits per heavy atom. The highest BCUT2D eigenvalue weighted by Crippen LogP contribution is 2.18. The number of nitrogens with one attached hydrogen (secondary N) is 2. The van der Waals surface area contributed by atoms with Gasteiger partial charge in [0.15, 0.2) is 5.78 Å². The lowest BCUT2D eigenvalue weighted by Gasteiger charge is -2.28. The molecule has 0 atom stereocenters. The third-order valence-electron chi connectivity index (χ3n) is 5.39. The molecule has 0 radical (unpaired) electrons. The van der Waals surface area contributed by atoms with Gasteiger partial charge in [-0.3, -0.25) is 15.0 Å². The smallest absolute Gasteiger partial charge is 0.257 e. The summed E-state index contributed by atoms with van der Waals surface area (Å²) in [7, 11) is 0. The molecular weight excluding hydrogens is 456 g/mol. The number of ketones is 1. The number of thioether (sulfide) groups is 1. The fraction of sp³-hybridized carbons (Fsp3) is 0.200. The molecule has 3 aromatic rings. The van der Waals surface area contributed by atoms with E-state index in [1.807, 2.05) is 23.9 Å². The number of anilines is 1. The Kier molecular flexibility index (Phi) is 7.42. The maximum atomic E-state index is 12.9. The number of halogens is 1. The van der Waals surface area contributed by atoms with Gasteiger partial charge in [0.25, 0.3) is 5.91 Å². The van der Waals surface area contributed by atoms with Crippen molar-refractivity contribution in [2.24, 2.45) is 0 Å². The van der Waals surface area contributed by atoms with Crippen molar-refractivity contribution >= 4 is 46.7 Å². The van der Waals surface area contributed by atoms with Gasteiger partial charge in [-0.25, -0.2) is 4.98 Å². The van der Waals surface area contributed by atoms with Crippen LogP contribution in [-0.2, 0) is 6.42 Å². The highest BCUT2D eigenvalue weighted by atomic mass is 35.5. The number of amides is 1. The molecule has 2 heterocycles. The lowest BCUT2D eigenvalue weighted by atomic mass is 9.97. The monoisotopic (exact) mass is 478 g/mol. The molecule has 2 aromatic carbocycles. The summed E-state index contributed by atoms with van der Waals surface area (Å²) in [5, 5.41) is 11.7. The molecule has 0 saturated carbocycles. The van der Waals surface area contributed by atoms with E-state index in [1.165, 1.54) is 6.20 Å². The zero-order valence-electron chi connectivity index (χ0n) is 17.9. The van der Waals surface area contributed by atoms with Crippen LogP contribution in [0.15, 0.2) is 66.9 Å². The lowest BCUT2D eigenvalue weighted by Crippen LogP contribution is -2.37. The second kappa shape index (κ2) is 10.6. The Bertz CT molecular complexity index is 1160. The van der Waals surface area contributed by atoms with Gasteiger partial charge >= 0.3 is 0 Å². The Hall–Kier alpha value is -3.16. The molecule has 4 rings (SSSR count). The minimum Gasteiger partial charge on any atom is -0.355 e. The first-order valence-electron chi connectivity index (χ1n) is 10.6. The molecule has 1 aromatic heterocycles. The Balaban J connectivity index is 1.44. The first-order valence-corrected chi connectivity index (χ1v) is 12.1. The van der Waals surface area contributed by atoms with Crippen LogP contribution in [0.1, 0.15) is 31.8 Å². The lowest BCUT2D eigenvalue weighted by molar-refractivity contribution is 0.0992. The molecule has 1 aliphatic heterocycles. The highest BCUT2D eigenvalue weighted by molar-refractivity contribution is 7.99.